The van der Waals surface area contributed by atoms with E-state index in [4.69, 9.17) is 29.5 Å². The zero-order valence-electron chi connectivity index (χ0n) is 6.98. The summed E-state index contributed by atoms with van der Waals surface area (Å²) in [5.41, 5.74) is 0. The number of hydrogen-bond donors (Lipinski definition) is 6. The first-order valence-electron chi connectivity index (χ1n) is 3.01. The van der Waals surface area contributed by atoms with Crippen LogP contribution >= 0.6 is 27.9 Å². The van der Waals surface area contributed by atoms with E-state index >= 15 is 0 Å². The average Bonchev–Trinajstić information content (AvgIpc) is 1.95. The quantitative estimate of drug-likeness (QED) is 0.190. The van der Waals surface area contributed by atoms with E-state index < -0.39 is 46.5 Å². The van der Waals surface area contributed by atoms with Crippen LogP contribution in [0.15, 0.2) is 0 Å². The maximum atomic E-state index is 9.99. The van der Waals surface area contributed by atoms with Crippen molar-refractivity contribution in [2.45, 2.75) is 6.04 Å². The summed E-state index contributed by atoms with van der Waals surface area (Å²) in [7, 11) is -4.64. The van der Waals surface area contributed by atoms with Crippen LogP contribution in [-0.2, 0) is 15.5 Å². The molecule has 0 saturated heterocycles. The first-order valence-corrected chi connectivity index (χ1v) is 7.42. The van der Waals surface area contributed by atoms with Crippen LogP contribution in [0, 0.1) is 0 Å². The molecule has 0 bridgehead atoms. The van der Waals surface area contributed by atoms with Gasteiger partial charge in [0, 0.05) is 0 Å². The summed E-state index contributed by atoms with van der Waals surface area (Å²) < 4.78 is 30.4. The number of halogens is 1. The lowest BCUT2D eigenvalue weighted by molar-refractivity contribution is -0.139. The Bertz CT molecular complexity index is 290. The number of carboxylic acid groups (broad SMARTS) is 1. The fourth-order valence-corrected chi connectivity index (χ4v) is 1.34. The minimum Gasteiger partial charge on any atom is -0.480 e. The molecule has 0 aliphatic carbocycles. The third-order valence-electron chi connectivity index (χ3n) is 0.701. The number of aliphatic hydroxyl groups excluding tert-OH is 1. The van der Waals surface area contributed by atoms with Gasteiger partial charge in [0.2, 0.25) is 0 Å². The molecule has 0 saturated carbocycles. The van der Waals surface area contributed by atoms with E-state index in [2.05, 4.69) is 0 Å². The van der Waals surface area contributed by atoms with Crippen molar-refractivity contribution in [3.8, 4) is 0 Å². The topological polar surface area (TPSA) is 181 Å². The molecule has 0 aromatic heterocycles. The van der Waals surface area contributed by atoms with Gasteiger partial charge in [0.25, 0.3) is 0 Å². The second-order valence-corrected chi connectivity index (χ2v) is 4.80. The van der Waals surface area contributed by atoms with E-state index in [0.29, 0.717) is 0 Å². The summed E-state index contributed by atoms with van der Waals surface area (Å²) in [5.74, 6) is -1.38. The summed E-state index contributed by atoms with van der Waals surface area (Å²) in [5, 5.41) is 16.4. The van der Waals surface area contributed by atoms with Gasteiger partial charge < -0.3 is 24.9 Å². The highest BCUT2D eigenvalue weighted by Crippen LogP contribution is 2.25. The van der Waals surface area contributed by atoms with E-state index in [9.17, 15) is 10.9 Å². The number of carbonyl (C=O) groups is 1. The number of phosphoric acid groups is 1. The molecule has 0 aliphatic rings. The Balaban J connectivity index is 0. The zero-order valence-corrected chi connectivity index (χ0v) is 10.0. The molecular weight excluding hydrogens is 352 g/mol. The van der Waals surface area contributed by atoms with Gasteiger partial charge in [-0.2, -0.15) is 3.53 Å². The number of hydrogen-bond acceptors (Lipinski definition) is 5. The number of rotatable bonds is 4. The fourth-order valence-electron chi connectivity index (χ4n) is 0.267. The van der Waals surface area contributed by atoms with Gasteiger partial charge >= 0.3 is 33.9 Å². The minimum absolute atomic E-state index is 0.728. The second kappa shape index (κ2) is 8.04. The van der Waals surface area contributed by atoms with Gasteiger partial charge in [0.15, 0.2) is 0 Å². The van der Waals surface area contributed by atoms with Crippen LogP contribution in [0.1, 0.15) is 0 Å². The largest absolute Gasteiger partial charge is 0.480 e. The normalized spacial score (nSPS) is 12.9. The average molecular weight is 361 g/mol. The number of nitrogens with one attached hydrogen (secondary N) is 1. The van der Waals surface area contributed by atoms with E-state index in [1.54, 1.807) is 3.53 Å². The first kappa shape index (κ1) is 17.2. The Kier molecular flexibility index (Phi) is 9.23. The molecule has 0 spiro atoms. The summed E-state index contributed by atoms with van der Waals surface area (Å²) in [6, 6.07) is -1.39. The third-order valence-corrected chi connectivity index (χ3v) is 1.96. The molecule has 15 heavy (non-hydrogen) atoms. The van der Waals surface area contributed by atoms with Crippen LogP contribution in [0.25, 0.3) is 0 Å². The van der Waals surface area contributed by atoms with Gasteiger partial charge in [0.1, 0.15) is 6.04 Å². The Morgan fingerprint density at radius 2 is 1.67 bits per heavy atom. The van der Waals surface area contributed by atoms with Crippen LogP contribution in [0.2, 0.25) is 0 Å². The van der Waals surface area contributed by atoms with Gasteiger partial charge in [-0.25, -0.2) is 10.7 Å². The van der Waals surface area contributed by atoms with Gasteiger partial charge in [-0.1, -0.05) is 0 Å². The van der Waals surface area contributed by atoms with Crippen molar-refractivity contribution in [3.63, 3.8) is 0 Å². The lowest BCUT2D eigenvalue weighted by Gasteiger charge is -2.02. The Morgan fingerprint density at radius 3 is 1.73 bits per heavy atom. The van der Waals surface area contributed by atoms with Gasteiger partial charge in [-0.15, -0.1) is 0 Å². The van der Waals surface area contributed by atoms with E-state index in [1.807, 2.05) is 0 Å². The Labute approximate surface area is 90.7 Å². The fraction of sp³-hybridized carbons (Fsp3) is 0.667. The number of aliphatic hydroxyl groups is 1. The summed E-state index contributed by atoms with van der Waals surface area (Å²) >= 11 is -3.74. The molecule has 92 valence electrons. The van der Waals surface area contributed by atoms with Gasteiger partial charge in [-0.05, 0) is 0 Å². The molecule has 0 heterocycles. The van der Waals surface area contributed by atoms with Crippen LogP contribution in [0.5, 0.6) is 0 Å². The minimum atomic E-state index is -4.64. The Morgan fingerprint density at radius 1 is 1.33 bits per heavy atom. The molecular formula is C3H9INO9P. The van der Waals surface area contributed by atoms with Crippen molar-refractivity contribution in [3.05, 3.63) is 0 Å². The summed E-state index contributed by atoms with van der Waals surface area (Å²) in [4.78, 5) is 31.6. The van der Waals surface area contributed by atoms with E-state index in [-0.39, 0.29) is 0 Å². The molecule has 0 rings (SSSR count). The van der Waals surface area contributed by atoms with Crippen LogP contribution in [0.3, 0.4) is 0 Å². The zero-order chi connectivity index (χ0) is 12.6. The van der Waals surface area contributed by atoms with Gasteiger partial charge in [0.05, 0.1) is 6.61 Å². The molecule has 0 fully saturated rings. The lowest BCUT2D eigenvalue weighted by atomic mass is 10.3. The van der Waals surface area contributed by atoms with Gasteiger partial charge in [-0.3, -0.25) is 4.79 Å². The lowest BCUT2D eigenvalue weighted by Crippen LogP contribution is -2.34. The molecule has 0 aromatic rings. The molecule has 0 radical (unpaired) electrons. The maximum Gasteiger partial charge on any atom is 0.466 e. The predicted octanol–water partition coefficient (Wildman–Crippen LogP) is -1.79. The summed E-state index contributed by atoms with van der Waals surface area (Å²) in [6.45, 7) is -0.728. The van der Waals surface area contributed by atoms with E-state index in [0.717, 1.165) is 0 Å². The molecule has 0 aliphatic heterocycles. The first-order chi connectivity index (χ1) is 6.57. The molecule has 6 N–H and O–H groups in total. The van der Waals surface area contributed by atoms with Crippen molar-refractivity contribution < 1.29 is 40.4 Å². The summed E-state index contributed by atoms with van der Waals surface area (Å²) in [6.07, 6.45) is 0. The smallest absolute Gasteiger partial charge is 0.466 e. The predicted molar refractivity (Wildman–Crippen MR) is 51.3 cm³/mol. The monoisotopic (exact) mass is 361 g/mol. The van der Waals surface area contributed by atoms with Crippen molar-refractivity contribution in [2.24, 2.45) is 0 Å². The second-order valence-electron chi connectivity index (χ2n) is 1.91. The molecule has 10 nitrogen and oxygen atoms in total. The highest BCUT2D eigenvalue weighted by Gasteiger charge is 2.16. The van der Waals surface area contributed by atoms with Crippen molar-refractivity contribution in [1.82, 2.24) is 3.53 Å². The number of carboxylic acids is 1. The Hall–Kier alpha value is -0.170. The van der Waals surface area contributed by atoms with Crippen LogP contribution in [-0.4, -0.2) is 43.5 Å². The standard InChI is InChI=1S/C3H6INO5.H3O4P/c6-1-2(3(7)8)5-4(9)10;1-5(2,3)4/h2,6H,1H2,(H,7,8)(H,5,9,10);(H3,1,2,3,4)/t2-;/m0./s1. The van der Waals surface area contributed by atoms with Crippen LogP contribution < -0.4 is 3.53 Å². The maximum absolute atomic E-state index is 9.99. The van der Waals surface area contributed by atoms with Crippen LogP contribution in [0.4, 0.5) is 0 Å². The molecule has 0 amide bonds. The van der Waals surface area contributed by atoms with Crippen molar-refractivity contribution in [2.75, 3.05) is 6.61 Å². The SMILES string of the molecule is O=C(O)[C@H](CO)NI(=O)=O.O=P(O)(O)O. The highest BCUT2D eigenvalue weighted by molar-refractivity contribution is 14.2. The van der Waals surface area contributed by atoms with E-state index in [1.165, 1.54) is 0 Å². The molecule has 1 atom stereocenters. The number of aliphatic carboxylic acids is 1. The van der Waals surface area contributed by atoms with Crippen molar-refractivity contribution >= 4 is 33.9 Å². The van der Waals surface area contributed by atoms with Crippen molar-refractivity contribution in [1.29, 1.82) is 0 Å². The molecule has 12 heteroatoms. The molecule has 0 aromatic carbocycles. The molecule has 0 unspecified atom stereocenters. The highest BCUT2D eigenvalue weighted by atomic mass is 127. The third kappa shape index (κ3) is 20.0.